The fraction of sp³-hybridized carbons (Fsp3) is 0.333. The minimum absolute atomic E-state index is 0. The Balaban J connectivity index is 0.00000480. The second kappa shape index (κ2) is 13.6. The first kappa shape index (κ1) is 26.4. The van der Waals surface area contributed by atoms with Gasteiger partial charge in [0.05, 0.1) is 7.11 Å². The number of aliphatic imine (C=N–C) groups is 1. The number of amides is 1. The number of methoxy groups -OCH3 is 1. The van der Waals surface area contributed by atoms with Gasteiger partial charge in [0.1, 0.15) is 11.5 Å². The Hall–Kier alpha value is -2.63. The second-order valence-electron chi connectivity index (χ2n) is 6.19. The largest absolute Gasteiger partial charge is 0.497 e. The van der Waals surface area contributed by atoms with E-state index in [2.05, 4.69) is 25.7 Å². The highest BCUT2D eigenvalue weighted by Crippen LogP contribution is 2.25. The zero-order chi connectivity index (χ0) is 21.9. The quantitative estimate of drug-likeness (QED) is 0.254. The van der Waals surface area contributed by atoms with Crippen molar-refractivity contribution in [1.82, 2.24) is 16.0 Å². The second-order valence-corrected chi connectivity index (χ2v) is 6.19. The number of ether oxygens (including phenoxy) is 2. The maximum absolute atomic E-state index is 12.7. The van der Waals surface area contributed by atoms with Gasteiger partial charge in [-0.3, -0.25) is 9.79 Å². The number of carbonyl (C=O) groups is 1. The summed E-state index contributed by atoms with van der Waals surface area (Å²) >= 11 is 0. The van der Waals surface area contributed by atoms with Crippen LogP contribution < -0.4 is 25.4 Å². The van der Waals surface area contributed by atoms with E-state index in [1.165, 1.54) is 13.2 Å². The number of nitrogens with one attached hydrogen (secondary N) is 3. The third kappa shape index (κ3) is 8.56. The van der Waals surface area contributed by atoms with E-state index in [1.807, 2.05) is 19.1 Å². The fourth-order valence-corrected chi connectivity index (χ4v) is 2.70. The SMILES string of the molecule is CCNC(=O)c1cccc(CNC(=NC)NCc2cc(OC)ccc2OC(F)F)c1.I. The molecule has 31 heavy (non-hydrogen) atoms. The fourth-order valence-electron chi connectivity index (χ4n) is 2.70. The van der Waals surface area contributed by atoms with Gasteiger partial charge in [0.2, 0.25) is 0 Å². The number of hydrogen-bond acceptors (Lipinski definition) is 4. The zero-order valence-electron chi connectivity index (χ0n) is 17.6. The van der Waals surface area contributed by atoms with E-state index in [1.54, 1.807) is 31.3 Å². The van der Waals surface area contributed by atoms with E-state index in [4.69, 9.17) is 4.74 Å². The Kier molecular flexibility index (Phi) is 11.6. The van der Waals surface area contributed by atoms with Gasteiger partial charge in [0.15, 0.2) is 5.96 Å². The molecule has 10 heteroatoms. The van der Waals surface area contributed by atoms with Crippen molar-refractivity contribution in [2.45, 2.75) is 26.6 Å². The van der Waals surface area contributed by atoms with Crippen molar-refractivity contribution in [2.75, 3.05) is 20.7 Å². The number of hydrogen-bond donors (Lipinski definition) is 3. The highest BCUT2D eigenvalue weighted by molar-refractivity contribution is 14.0. The molecule has 0 spiro atoms. The topological polar surface area (TPSA) is 84.0 Å². The zero-order valence-corrected chi connectivity index (χ0v) is 19.9. The highest BCUT2D eigenvalue weighted by Gasteiger charge is 2.12. The average Bonchev–Trinajstić information content (AvgIpc) is 2.74. The number of guanidine groups is 1. The summed E-state index contributed by atoms with van der Waals surface area (Å²) in [7, 11) is 3.10. The number of nitrogens with zero attached hydrogens (tertiary/aromatic N) is 1. The van der Waals surface area contributed by atoms with Crippen LogP contribution in [-0.2, 0) is 13.1 Å². The van der Waals surface area contributed by atoms with Crippen LogP contribution in [0.5, 0.6) is 11.5 Å². The number of benzene rings is 2. The first-order valence-corrected chi connectivity index (χ1v) is 9.40. The van der Waals surface area contributed by atoms with Gasteiger partial charge in [-0.2, -0.15) is 8.78 Å². The third-order valence-corrected chi connectivity index (χ3v) is 4.14. The van der Waals surface area contributed by atoms with Crippen LogP contribution in [0.2, 0.25) is 0 Å². The molecule has 0 aliphatic rings. The lowest BCUT2D eigenvalue weighted by Crippen LogP contribution is -2.36. The molecule has 7 nitrogen and oxygen atoms in total. The summed E-state index contributed by atoms with van der Waals surface area (Å²) in [6, 6.07) is 11.8. The Morgan fingerprint density at radius 3 is 2.48 bits per heavy atom. The smallest absolute Gasteiger partial charge is 0.387 e. The van der Waals surface area contributed by atoms with Gasteiger partial charge >= 0.3 is 6.61 Å². The molecule has 0 radical (unpaired) electrons. The van der Waals surface area contributed by atoms with Crippen LogP contribution in [0, 0.1) is 0 Å². The Labute approximate surface area is 197 Å². The highest BCUT2D eigenvalue weighted by atomic mass is 127. The molecule has 170 valence electrons. The van der Waals surface area contributed by atoms with Crippen LogP contribution in [0.15, 0.2) is 47.5 Å². The Bertz CT molecular complexity index is 881. The van der Waals surface area contributed by atoms with E-state index >= 15 is 0 Å². The van der Waals surface area contributed by atoms with E-state index in [-0.39, 0.29) is 42.2 Å². The summed E-state index contributed by atoms with van der Waals surface area (Å²) in [4.78, 5) is 16.1. The molecule has 0 fully saturated rings. The molecule has 0 saturated carbocycles. The first-order valence-electron chi connectivity index (χ1n) is 9.40. The van der Waals surface area contributed by atoms with Crippen LogP contribution in [0.3, 0.4) is 0 Å². The van der Waals surface area contributed by atoms with Gasteiger partial charge in [0, 0.05) is 37.8 Å². The number of halogens is 3. The van der Waals surface area contributed by atoms with Crippen LogP contribution in [-0.4, -0.2) is 39.2 Å². The maximum atomic E-state index is 12.7. The molecular weight excluding hydrogens is 521 g/mol. The molecule has 0 bridgehead atoms. The Morgan fingerprint density at radius 1 is 1.10 bits per heavy atom. The normalized spacial score (nSPS) is 10.8. The third-order valence-electron chi connectivity index (χ3n) is 4.14. The van der Waals surface area contributed by atoms with E-state index in [0.717, 1.165) is 5.56 Å². The molecular formula is C21H27F2IN4O3. The maximum Gasteiger partial charge on any atom is 0.387 e. The lowest BCUT2D eigenvalue weighted by atomic mass is 10.1. The average molecular weight is 548 g/mol. The van der Waals surface area contributed by atoms with Crippen molar-refractivity contribution < 1.29 is 23.0 Å². The summed E-state index contributed by atoms with van der Waals surface area (Å²) < 4.78 is 35.0. The standard InChI is InChI=1S/C21H26F2N4O3.HI/c1-4-25-19(28)15-7-5-6-14(10-15)12-26-21(24-2)27-13-16-11-17(29-3)8-9-18(16)30-20(22)23;/h5-11,20H,4,12-13H2,1-3H3,(H,25,28)(H2,24,26,27);1H. The number of rotatable bonds is 9. The van der Waals surface area contributed by atoms with Gasteiger partial charge in [-0.1, -0.05) is 12.1 Å². The monoisotopic (exact) mass is 548 g/mol. The molecule has 1 amide bonds. The molecule has 3 N–H and O–H groups in total. The lowest BCUT2D eigenvalue weighted by molar-refractivity contribution is -0.0505. The Morgan fingerprint density at radius 2 is 1.84 bits per heavy atom. The minimum atomic E-state index is -2.92. The van der Waals surface area contributed by atoms with Crippen molar-refractivity contribution in [3.63, 3.8) is 0 Å². The number of carbonyl (C=O) groups excluding carboxylic acids is 1. The van der Waals surface area contributed by atoms with E-state index in [0.29, 0.717) is 35.9 Å². The van der Waals surface area contributed by atoms with Crippen molar-refractivity contribution in [3.8, 4) is 11.5 Å². The van der Waals surface area contributed by atoms with Crippen molar-refractivity contribution in [3.05, 3.63) is 59.2 Å². The lowest BCUT2D eigenvalue weighted by Gasteiger charge is -2.15. The molecule has 2 aromatic carbocycles. The van der Waals surface area contributed by atoms with Crippen LogP contribution in [0.1, 0.15) is 28.4 Å². The molecule has 0 aromatic heterocycles. The van der Waals surface area contributed by atoms with E-state index < -0.39 is 6.61 Å². The minimum Gasteiger partial charge on any atom is -0.497 e. The summed E-state index contributed by atoms with van der Waals surface area (Å²) in [5, 5.41) is 8.95. The molecule has 0 saturated heterocycles. The molecule has 0 aliphatic heterocycles. The molecule has 0 unspecified atom stereocenters. The molecule has 2 rings (SSSR count). The predicted octanol–water partition coefficient (Wildman–Crippen LogP) is 3.53. The van der Waals surface area contributed by atoms with Crippen LogP contribution >= 0.6 is 24.0 Å². The summed E-state index contributed by atoms with van der Waals surface area (Å²) in [6.07, 6.45) is 0. The van der Waals surface area contributed by atoms with Crippen molar-refractivity contribution >= 4 is 35.8 Å². The van der Waals surface area contributed by atoms with Crippen molar-refractivity contribution in [2.24, 2.45) is 4.99 Å². The van der Waals surface area contributed by atoms with Gasteiger partial charge in [-0.25, -0.2) is 0 Å². The van der Waals surface area contributed by atoms with Gasteiger partial charge in [-0.15, -0.1) is 24.0 Å². The summed E-state index contributed by atoms with van der Waals surface area (Å²) in [6.45, 7) is 0.105. The van der Waals surface area contributed by atoms with Gasteiger partial charge < -0.3 is 25.4 Å². The van der Waals surface area contributed by atoms with Crippen LogP contribution in [0.4, 0.5) is 8.78 Å². The molecule has 0 aliphatic carbocycles. The van der Waals surface area contributed by atoms with E-state index in [9.17, 15) is 13.6 Å². The summed E-state index contributed by atoms with van der Waals surface area (Å²) in [5.74, 6) is 0.914. The molecule has 0 heterocycles. The predicted molar refractivity (Wildman–Crippen MR) is 127 cm³/mol. The van der Waals surface area contributed by atoms with Gasteiger partial charge in [-0.05, 0) is 42.8 Å². The first-order chi connectivity index (χ1) is 14.5. The van der Waals surface area contributed by atoms with Crippen LogP contribution in [0.25, 0.3) is 0 Å². The van der Waals surface area contributed by atoms with Crippen molar-refractivity contribution in [1.29, 1.82) is 0 Å². The molecule has 2 aromatic rings. The summed E-state index contributed by atoms with van der Waals surface area (Å²) in [5.41, 5.74) is 1.96. The van der Waals surface area contributed by atoms with Gasteiger partial charge in [0.25, 0.3) is 5.91 Å². The molecule has 0 atom stereocenters. The number of alkyl halides is 2.